The van der Waals surface area contributed by atoms with Gasteiger partial charge in [-0.25, -0.2) is 4.39 Å². The third kappa shape index (κ3) is 2.43. The highest BCUT2D eigenvalue weighted by Gasteiger charge is 2.32. The Hall–Kier alpha value is -0.890. The summed E-state index contributed by atoms with van der Waals surface area (Å²) in [7, 11) is 0. The van der Waals surface area contributed by atoms with Crippen LogP contribution in [0.3, 0.4) is 0 Å². The summed E-state index contributed by atoms with van der Waals surface area (Å²) in [4.78, 5) is 0. The van der Waals surface area contributed by atoms with Crippen molar-refractivity contribution < 1.29 is 4.39 Å². The average molecular weight is 221 g/mol. The number of hydrogen-bond acceptors (Lipinski definition) is 1. The maximum Gasteiger partial charge on any atom is 0.127 e. The number of rotatable bonds is 2. The lowest BCUT2D eigenvalue weighted by Crippen LogP contribution is -2.44. The van der Waals surface area contributed by atoms with E-state index >= 15 is 0 Å². The predicted octanol–water partition coefficient (Wildman–Crippen LogP) is 2.94. The molecule has 1 aliphatic heterocycles. The van der Waals surface area contributed by atoms with Crippen LogP contribution in [0, 0.1) is 13.8 Å². The minimum absolute atomic E-state index is 0.501. The van der Waals surface area contributed by atoms with Crippen molar-refractivity contribution in [2.24, 2.45) is 0 Å². The Morgan fingerprint density at radius 2 is 2.00 bits per heavy atom. The van der Waals surface area contributed by atoms with E-state index in [0.717, 1.165) is 13.0 Å². The zero-order valence-electron chi connectivity index (χ0n) is 10.1. The van der Waals surface area contributed by atoms with E-state index in [1.54, 1.807) is 0 Å². The van der Waals surface area contributed by atoms with Crippen molar-refractivity contribution in [2.45, 2.75) is 38.8 Å². The van der Waals surface area contributed by atoms with Crippen molar-refractivity contribution in [3.05, 3.63) is 34.9 Å². The number of nitrogens with one attached hydrogen (secondary N) is 1. The maximum absolute atomic E-state index is 14.6. The molecule has 2 heteroatoms. The second-order valence-electron chi connectivity index (χ2n) is 4.98. The van der Waals surface area contributed by atoms with Gasteiger partial charge in [0.15, 0.2) is 0 Å². The third-order valence-corrected chi connectivity index (χ3v) is 3.56. The van der Waals surface area contributed by atoms with Gasteiger partial charge in [0, 0.05) is 13.0 Å². The molecule has 16 heavy (non-hydrogen) atoms. The molecule has 1 aromatic carbocycles. The number of benzene rings is 1. The van der Waals surface area contributed by atoms with Gasteiger partial charge in [0.1, 0.15) is 5.67 Å². The summed E-state index contributed by atoms with van der Waals surface area (Å²) in [5.41, 5.74) is 2.56. The lowest BCUT2D eigenvalue weighted by molar-refractivity contribution is 0.122. The normalized spacial score (nSPS) is 25.7. The fourth-order valence-corrected chi connectivity index (χ4v) is 2.53. The van der Waals surface area contributed by atoms with Crippen molar-refractivity contribution in [3.8, 4) is 0 Å². The lowest BCUT2D eigenvalue weighted by Gasteiger charge is -2.31. The van der Waals surface area contributed by atoms with Crippen LogP contribution < -0.4 is 5.32 Å². The second-order valence-corrected chi connectivity index (χ2v) is 4.98. The van der Waals surface area contributed by atoms with Crippen LogP contribution in [0.15, 0.2) is 18.2 Å². The van der Waals surface area contributed by atoms with Gasteiger partial charge in [-0.05, 0) is 49.9 Å². The Bertz CT molecular complexity index is 347. The quantitative estimate of drug-likeness (QED) is 0.809. The Balaban J connectivity index is 2.19. The van der Waals surface area contributed by atoms with Gasteiger partial charge in [0.2, 0.25) is 0 Å². The van der Waals surface area contributed by atoms with Gasteiger partial charge in [-0.2, -0.15) is 0 Å². The highest BCUT2D eigenvalue weighted by Crippen LogP contribution is 2.28. The highest BCUT2D eigenvalue weighted by atomic mass is 19.1. The summed E-state index contributed by atoms with van der Waals surface area (Å²) < 4.78 is 14.6. The molecule has 1 nitrogen and oxygen atoms in total. The Morgan fingerprint density at radius 1 is 1.31 bits per heavy atom. The summed E-state index contributed by atoms with van der Waals surface area (Å²) in [5.74, 6) is 0. The van der Waals surface area contributed by atoms with Crippen LogP contribution in [0.1, 0.15) is 29.5 Å². The van der Waals surface area contributed by atoms with E-state index < -0.39 is 5.67 Å². The van der Waals surface area contributed by atoms with Crippen molar-refractivity contribution in [2.75, 3.05) is 13.1 Å². The van der Waals surface area contributed by atoms with Gasteiger partial charge in [0.25, 0.3) is 0 Å². The number of hydrogen-bond donors (Lipinski definition) is 1. The summed E-state index contributed by atoms with van der Waals surface area (Å²) in [6.45, 7) is 5.60. The SMILES string of the molecule is Cc1cccc(C)c1CC1(F)CCCNC1. The van der Waals surface area contributed by atoms with Gasteiger partial charge in [0.05, 0.1) is 0 Å². The molecule has 1 fully saturated rings. The van der Waals surface area contributed by atoms with Crippen LogP contribution in [0.4, 0.5) is 4.39 Å². The molecule has 1 saturated heterocycles. The summed E-state index contributed by atoms with van der Waals surface area (Å²) >= 11 is 0. The van der Waals surface area contributed by atoms with E-state index in [2.05, 4.69) is 31.3 Å². The molecule has 0 saturated carbocycles. The molecule has 1 atom stereocenters. The zero-order valence-corrected chi connectivity index (χ0v) is 10.1. The van der Waals surface area contributed by atoms with Crippen LogP contribution >= 0.6 is 0 Å². The van der Waals surface area contributed by atoms with E-state index in [1.807, 2.05) is 6.07 Å². The molecule has 0 bridgehead atoms. The standard InChI is InChI=1S/C14H20FN/c1-11-5-3-6-12(2)13(11)9-14(15)7-4-8-16-10-14/h3,5-6,16H,4,7-10H2,1-2H3. The van der Waals surface area contributed by atoms with Crippen LogP contribution in [-0.2, 0) is 6.42 Å². The topological polar surface area (TPSA) is 12.0 Å². The van der Waals surface area contributed by atoms with E-state index in [1.165, 1.54) is 16.7 Å². The lowest BCUT2D eigenvalue weighted by atomic mass is 9.86. The molecule has 0 aliphatic carbocycles. The summed E-state index contributed by atoms with van der Waals surface area (Å²) in [6, 6.07) is 6.18. The fraction of sp³-hybridized carbons (Fsp3) is 0.571. The zero-order chi connectivity index (χ0) is 11.6. The monoisotopic (exact) mass is 221 g/mol. The van der Waals surface area contributed by atoms with Crippen LogP contribution in [-0.4, -0.2) is 18.8 Å². The van der Waals surface area contributed by atoms with Crippen LogP contribution in [0.25, 0.3) is 0 Å². The smallest absolute Gasteiger partial charge is 0.127 e. The summed E-state index contributed by atoms with van der Waals surface area (Å²) in [5, 5.41) is 3.16. The third-order valence-electron chi connectivity index (χ3n) is 3.56. The first-order chi connectivity index (χ1) is 7.61. The molecule has 0 radical (unpaired) electrons. The predicted molar refractivity (Wildman–Crippen MR) is 65.6 cm³/mol. The molecule has 1 unspecified atom stereocenters. The van der Waals surface area contributed by atoms with Crippen molar-refractivity contribution in [1.29, 1.82) is 0 Å². The molecule has 0 aromatic heterocycles. The fourth-order valence-electron chi connectivity index (χ4n) is 2.53. The first-order valence-corrected chi connectivity index (χ1v) is 6.05. The minimum Gasteiger partial charge on any atom is -0.314 e. The molecule has 1 heterocycles. The largest absolute Gasteiger partial charge is 0.314 e. The molecule has 0 spiro atoms. The first kappa shape index (κ1) is 11.6. The molecular formula is C14H20FN. The molecule has 2 rings (SSSR count). The molecule has 1 aromatic rings. The summed E-state index contributed by atoms with van der Waals surface area (Å²) in [6.07, 6.45) is 2.19. The highest BCUT2D eigenvalue weighted by molar-refractivity contribution is 5.34. The maximum atomic E-state index is 14.6. The molecule has 88 valence electrons. The van der Waals surface area contributed by atoms with Gasteiger partial charge in [-0.3, -0.25) is 0 Å². The van der Waals surface area contributed by atoms with Gasteiger partial charge < -0.3 is 5.32 Å². The van der Waals surface area contributed by atoms with E-state index in [9.17, 15) is 4.39 Å². The average Bonchev–Trinajstić information content (AvgIpc) is 2.25. The Morgan fingerprint density at radius 3 is 2.56 bits per heavy atom. The number of halogens is 1. The molecule has 0 amide bonds. The number of alkyl halides is 1. The second kappa shape index (κ2) is 4.54. The van der Waals surface area contributed by atoms with E-state index in [-0.39, 0.29) is 0 Å². The molecular weight excluding hydrogens is 201 g/mol. The Labute approximate surface area is 97.1 Å². The first-order valence-electron chi connectivity index (χ1n) is 6.05. The molecule has 1 N–H and O–H groups in total. The van der Waals surface area contributed by atoms with Crippen LogP contribution in [0.2, 0.25) is 0 Å². The molecule has 1 aliphatic rings. The van der Waals surface area contributed by atoms with Crippen LogP contribution in [0.5, 0.6) is 0 Å². The Kier molecular flexibility index (Phi) is 3.29. The van der Waals surface area contributed by atoms with Crippen molar-refractivity contribution in [1.82, 2.24) is 5.32 Å². The number of aryl methyl sites for hydroxylation is 2. The van der Waals surface area contributed by atoms with Gasteiger partial charge in [-0.1, -0.05) is 18.2 Å². The van der Waals surface area contributed by atoms with Crippen molar-refractivity contribution in [3.63, 3.8) is 0 Å². The van der Waals surface area contributed by atoms with E-state index in [0.29, 0.717) is 19.4 Å². The van der Waals surface area contributed by atoms with E-state index in [4.69, 9.17) is 0 Å². The van der Waals surface area contributed by atoms with Crippen molar-refractivity contribution >= 4 is 0 Å². The van der Waals surface area contributed by atoms with Gasteiger partial charge in [-0.15, -0.1) is 0 Å². The number of piperidine rings is 1. The minimum atomic E-state index is -1.05. The van der Waals surface area contributed by atoms with Gasteiger partial charge >= 0.3 is 0 Å².